The molecule has 0 spiro atoms. The second-order valence-electron chi connectivity index (χ2n) is 11.3. The average molecular weight is 741 g/mol. The van der Waals surface area contributed by atoms with E-state index < -0.39 is 61.1 Å². The molecule has 4 unspecified atom stereocenters. The number of hydrogen-bond acceptors (Lipinski definition) is 13. The third kappa shape index (κ3) is 12.8. The highest BCUT2D eigenvalue weighted by Gasteiger charge is 2.54. The molecule has 0 aromatic carbocycles. The maximum Gasteiger partial charge on any atom is 0.500 e. The van der Waals surface area contributed by atoms with Crippen molar-refractivity contribution in [1.29, 1.82) is 0 Å². The minimum absolute atomic E-state index is 0.529. The summed E-state index contributed by atoms with van der Waals surface area (Å²) in [5, 5.41) is 0. The summed E-state index contributed by atoms with van der Waals surface area (Å²) >= 11 is 0. The van der Waals surface area contributed by atoms with E-state index in [2.05, 4.69) is 26.2 Å². The lowest BCUT2D eigenvalue weighted by Gasteiger charge is -2.44. The van der Waals surface area contributed by atoms with Gasteiger partial charge in [0, 0.05) is 88.7 Å². The first kappa shape index (κ1) is 42.0. The van der Waals surface area contributed by atoms with E-state index in [0.717, 1.165) is 18.9 Å². The first-order valence-electron chi connectivity index (χ1n) is 14.9. The van der Waals surface area contributed by atoms with Crippen molar-refractivity contribution in [2.75, 3.05) is 70.6 Å². The zero-order chi connectivity index (χ0) is 32.8. The van der Waals surface area contributed by atoms with Crippen LogP contribution in [0.15, 0.2) is 0 Å². The molecule has 0 saturated carbocycles. The molecule has 20 heteroatoms. The van der Waals surface area contributed by atoms with Gasteiger partial charge < -0.3 is 56.6 Å². The molecule has 0 aromatic rings. The molecule has 1 aliphatic heterocycles. The van der Waals surface area contributed by atoms with E-state index in [4.69, 9.17) is 56.6 Å². The van der Waals surface area contributed by atoms with E-state index in [1.807, 2.05) is 0 Å². The molecule has 4 atom stereocenters. The summed E-state index contributed by atoms with van der Waals surface area (Å²) < 4.78 is 80.0. The molecule has 1 saturated heterocycles. The first-order chi connectivity index (χ1) is 20.2. The smallest absolute Gasteiger partial charge is 0.439 e. The van der Waals surface area contributed by atoms with E-state index in [-0.39, 0.29) is 0 Å². The standard InChI is InChI=1S/C23H60O13Si7/c1-24-41(25-2,26-3)21-18-38(11)33-16-14-15-17-37(10)34-39(12,19-22-42(27-4,28-5)29-6)36-40(13,35-38)20-23-43(30-7,31-8)32-9/h37H,14-23H2,1-13H3. The molecule has 0 N–H and O–H groups in total. The fourth-order valence-corrected chi connectivity index (χ4v) is 34.2. The molecular formula is C23H60O13Si7. The van der Waals surface area contributed by atoms with Crippen molar-refractivity contribution >= 4 is 61.1 Å². The zero-order valence-corrected chi connectivity index (χ0v) is 36.1. The molecule has 0 amide bonds. The molecule has 1 heterocycles. The van der Waals surface area contributed by atoms with Crippen LogP contribution in [-0.2, 0) is 56.6 Å². The lowest BCUT2D eigenvalue weighted by atomic mass is 10.4. The van der Waals surface area contributed by atoms with Crippen molar-refractivity contribution in [3.63, 3.8) is 0 Å². The van der Waals surface area contributed by atoms with Crippen molar-refractivity contribution in [3.8, 4) is 0 Å². The van der Waals surface area contributed by atoms with E-state index in [1.165, 1.54) is 0 Å². The van der Waals surface area contributed by atoms with Gasteiger partial charge >= 0.3 is 52.1 Å². The predicted octanol–water partition coefficient (Wildman–Crippen LogP) is 4.05. The summed E-state index contributed by atoms with van der Waals surface area (Å²) in [6.45, 7) is 9.22. The van der Waals surface area contributed by atoms with Gasteiger partial charge in [-0.25, -0.2) is 0 Å². The maximum absolute atomic E-state index is 7.28. The van der Waals surface area contributed by atoms with E-state index in [9.17, 15) is 0 Å². The van der Waals surface area contributed by atoms with Crippen LogP contribution in [0.4, 0.5) is 0 Å². The topological polar surface area (TPSA) is 120 Å². The molecule has 258 valence electrons. The van der Waals surface area contributed by atoms with Crippen LogP contribution in [0, 0.1) is 0 Å². The van der Waals surface area contributed by atoms with E-state index in [1.54, 1.807) is 64.0 Å². The molecule has 0 aromatic heterocycles. The van der Waals surface area contributed by atoms with Gasteiger partial charge in [-0.05, 0) is 56.8 Å². The van der Waals surface area contributed by atoms with Gasteiger partial charge in [0.1, 0.15) is 0 Å². The Morgan fingerprint density at radius 1 is 0.535 bits per heavy atom. The zero-order valence-electron chi connectivity index (χ0n) is 29.0. The van der Waals surface area contributed by atoms with Crippen LogP contribution in [0.5, 0.6) is 0 Å². The lowest BCUT2D eigenvalue weighted by Crippen LogP contribution is -2.60. The average Bonchev–Trinajstić information content (AvgIpc) is 2.99. The molecule has 1 rings (SSSR count). The van der Waals surface area contributed by atoms with E-state index >= 15 is 0 Å². The van der Waals surface area contributed by atoms with Gasteiger partial charge in [-0.2, -0.15) is 0 Å². The molecule has 13 nitrogen and oxygen atoms in total. The molecule has 0 radical (unpaired) electrons. The van der Waals surface area contributed by atoms with Crippen LogP contribution in [-0.4, -0.2) is 132 Å². The highest BCUT2D eigenvalue weighted by molar-refractivity contribution is 6.88. The minimum atomic E-state index is -3.05. The Morgan fingerprint density at radius 2 is 0.884 bits per heavy atom. The Balaban J connectivity index is 3.57. The van der Waals surface area contributed by atoms with Gasteiger partial charge in [-0.15, -0.1) is 0 Å². The normalized spacial score (nSPS) is 28.8. The molecular weight excluding hydrogens is 681 g/mol. The summed E-state index contributed by atoms with van der Waals surface area (Å²) in [7, 11) is -4.33. The van der Waals surface area contributed by atoms with Crippen LogP contribution >= 0.6 is 0 Å². The lowest BCUT2D eigenvalue weighted by molar-refractivity contribution is 0.122. The second-order valence-corrected chi connectivity index (χ2v) is 33.9. The van der Waals surface area contributed by atoms with E-state index in [0.29, 0.717) is 42.9 Å². The third-order valence-corrected chi connectivity index (χ3v) is 33.9. The quantitative estimate of drug-likeness (QED) is 0.188. The van der Waals surface area contributed by atoms with Crippen molar-refractivity contribution in [2.45, 2.75) is 81.3 Å². The van der Waals surface area contributed by atoms with Crippen molar-refractivity contribution in [3.05, 3.63) is 0 Å². The second kappa shape index (κ2) is 19.1. The van der Waals surface area contributed by atoms with Crippen LogP contribution < -0.4 is 0 Å². The molecule has 43 heavy (non-hydrogen) atoms. The summed E-state index contributed by atoms with van der Waals surface area (Å²) in [5.41, 5.74) is 0. The van der Waals surface area contributed by atoms with Gasteiger partial charge in [0.05, 0.1) is 0 Å². The van der Waals surface area contributed by atoms with Crippen LogP contribution in [0.1, 0.15) is 12.8 Å². The van der Waals surface area contributed by atoms with Crippen LogP contribution in [0.2, 0.25) is 68.5 Å². The van der Waals surface area contributed by atoms with Gasteiger partial charge in [0.15, 0.2) is 9.04 Å². The molecule has 0 aliphatic carbocycles. The third-order valence-electron chi connectivity index (χ3n) is 8.18. The Labute approximate surface area is 268 Å². The number of rotatable bonds is 18. The first-order valence-corrected chi connectivity index (χ1v) is 30.7. The van der Waals surface area contributed by atoms with Gasteiger partial charge in [-0.3, -0.25) is 0 Å². The van der Waals surface area contributed by atoms with Crippen molar-refractivity contribution in [1.82, 2.24) is 0 Å². The summed E-state index contributed by atoms with van der Waals surface area (Å²) in [6.07, 6.45) is 1.96. The van der Waals surface area contributed by atoms with Gasteiger partial charge in [-0.1, -0.05) is 6.42 Å². The van der Waals surface area contributed by atoms with Crippen LogP contribution in [0.3, 0.4) is 0 Å². The molecule has 1 fully saturated rings. The fourth-order valence-electron chi connectivity index (χ4n) is 5.44. The highest BCUT2D eigenvalue weighted by atomic mass is 28.5. The molecule has 1 aliphatic rings. The SMILES string of the molecule is CO[Si](CC[Si]1(C)OCCCC[SiH](C)O[Si](C)(CC[Si](OC)(OC)OC)O[Si](C)(CC[Si](OC)(OC)OC)O1)(OC)OC. The fraction of sp³-hybridized carbons (Fsp3) is 1.00. The Morgan fingerprint density at radius 3 is 1.28 bits per heavy atom. The Bertz CT molecular complexity index is 757. The predicted molar refractivity (Wildman–Crippen MR) is 180 cm³/mol. The Kier molecular flexibility index (Phi) is 18.7. The largest absolute Gasteiger partial charge is 0.500 e. The van der Waals surface area contributed by atoms with Crippen molar-refractivity contribution < 1.29 is 56.6 Å². The van der Waals surface area contributed by atoms with Crippen LogP contribution in [0.25, 0.3) is 0 Å². The minimum Gasteiger partial charge on any atom is -0.439 e. The Hall–Kier alpha value is 0.998. The van der Waals surface area contributed by atoms with Gasteiger partial charge in [0.25, 0.3) is 0 Å². The highest BCUT2D eigenvalue weighted by Crippen LogP contribution is 2.36. The summed E-state index contributed by atoms with van der Waals surface area (Å²) in [4.78, 5) is 0. The maximum atomic E-state index is 7.28. The van der Waals surface area contributed by atoms with Crippen molar-refractivity contribution in [2.24, 2.45) is 0 Å². The van der Waals surface area contributed by atoms with Gasteiger partial charge in [0.2, 0.25) is 0 Å². The monoisotopic (exact) mass is 740 g/mol. The summed E-state index contributed by atoms with van der Waals surface area (Å²) in [6, 6.07) is 4.55. The molecule has 0 bridgehead atoms. The number of hydrogen-bond donors (Lipinski definition) is 0. The summed E-state index contributed by atoms with van der Waals surface area (Å²) in [5.74, 6) is 0.